The molecule has 3 heteroatoms. The third-order valence-corrected chi connectivity index (χ3v) is 2.98. The van der Waals surface area contributed by atoms with Crippen molar-refractivity contribution in [3.05, 3.63) is 29.6 Å². The molecule has 1 aliphatic rings. The number of aliphatic hydroxyl groups is 1. The first kappa shape index (κ1) is 11.1. The number of nitrogens with zero attached hydrogens (tertiary/aromatic N) is 2. The predicted molar refractivity (Wildman–Crippen MR) is 62.8 cm³/mol. The van der Waals surface area contributed by atoms with Gasteiger partial charge in [0.2, 0.25) is 0 Å². The molecule has 1 aromatic heterocycles. The third kappa shape index (κ3) is 2.41. The Morgan fingerprint density at radius 3 is 3.12 bits per heavy atom. The molecule has 0 saturated carbocycles. The number of aromatic nitrogens is 1. The van der Waals surface area contributed by atoms with Crippen LogP contribution in [0.15, 0.2) is 18.5 Å². The van der Waals surface area contributed by atoms with Crippen molar-refractivity contribution >= 4 is 0 Å². The highest BCUT2D eigenvalue weighted by Gasteiger charge is 2.22. The van der Waals surface area contributed by atoms with E-state index in [1.54, 1.807) is 6.20 Å². The average Bonchev–Trinajstić information content (AvgIpc) is 2.73. The molecule has 1 aliphatic heterocycles. The summed E-state index contributed by atoms with van der Waals surface area (Å²) in [5, 5.41) is 8.65. The van der Waals surface area contributed by atoms with Gasteiger partial charge in [-0.25, -0.2) is 0 Å². The Kier molecular flexibility index (Phi) is 3.55. The van der Waals surface area contributed by atoms with Crippen LogP contribution in [0.4, 0.5) is 0 Å². The zero-order valence-corrected chi connectivity index (χ0v) is 9.48. The van der Waals surface area contributed by atoms with Crippen LogP contribution in [-0.2, 0) is 0 Å². The average molecular weight is 216 g/mol. The summed E-state index contributed by atoms with van der Waals surface area (Å²) in [5.41, 5.74) is 2.11. The second-order valence-electron chi connectivity index (χ2n) is 4.11. The normalized spacial score (nSPS) is 20.5. The van der Waals surface area contributed by atoms with Gasteiger partial charge < -0.3 is 5.11 Å². The summed E-state index contributed by atoms with van der Waals surface area (Å²) in [5.74, 6) is 5.54. The Bertz CT molecular complexity index is 419. The highest BCUT2D eigenvalue weighted by atomic mass is 16.2. The van der Waals surface area contributed by atoms with E-state index in [0.29, 0.717) is 6.04 Å². The number of aliphatic hydroxyl groups excluding tert-OH is 1. The first-order valence-electron chi connectivity index (χ1n) is 5.56. The molecule has 2 rings (SSSR count). The lowest BCUT2D eigenvalue weighted by Crippen LogP contribution is -2.17. The molecule has 1 aromatic rings. The summed E-state index contributed by atoms with van der Waals surface area (Å²) in [6.07, 6.45) is 6.08. The molecule has 1 unspecified atom stereocenters. The Morgan fingerprint density at radius 1 is 1.56 bits per heavy atom. The van der Waals surface area contributed by atoms with Gasteiger partial charge in [-0.2, -0.15) is 0 Å². The number of hydrogen-bond donors (Lipinski definition) is 1. The van der Waals surface area contributed by atoms with Crippen molar-refractivity contribution in [1.82, 2.24) is 9.88 Å². The second-order valence-corrected chi connectivity index (χ2v) is 4.11. The van der Waals surface area contributed by atoms with Gasteiger partial charge in [0.15, 0.2) is 0 Å². The molecule has 2 heterocycles. The van der Waals surface area contributed by atoms with E-state index in [9.17, 15) is 0 Å². The van der Waals surface area contributed by atoms with Crippen LogP contribution in [0, 0.1) is 11.8 Å². The zero-order chi connectivity index (χ0) is 11.4. The lowest BCUT2D eigenvalue weighted by atomic mass is 10.1. The molecule has 0 aromatic carbocycles. The Balaban J connectivity index is 2.21. The first-order valence-corrected chi connectivity index (χ1v) is 5.56. The quantitative estimate of drug-likeness (QED) is 0.716. The maximum absolute atomic E-state index is 8.65. The van der Waals surface area contributed by atoms with E-state index in [-0.39, 0.29) is 6.61 Å². The minimum Gasteiger partial charge on any atom is -0.384 e. The molecule has 0 spiro atoms. The number of pyridine rings is 1. The molecule has 1 N–H and O–H groups in total. The Labute approximate surface area is 96.1 Å². The fourth-order valence-corrected chi connectivity index (χ4v) is 2.18. The van der Waals surface area contributed by atoms with E-state index >= 15 is 0 Å². The zero-order valence-electron chi connectivity index (χ0n) is 9.48. The molecule has 0 aliphatic carbocycles. The van der Waals surface area contributed by atoms with Crippen LogP contribution < -0.4 is 0 Å². The van der Waals surface area contributed by atoms with Crippen LogP contribution in [0.5, 0.6) is 0 Å². The van der Waals surface area contributed by atoms with E-state index in [1.165, 1.54) is 18.4 Å². The monoisotopic (exact) mass is 216 g/mol. The Morgan fingerprint density at radius 2 is 2.44 bits per heavy atom. The molecule has 16 heavy (non-hydrogen) atoms. The van der Waals surface area contributed by atoms with E-state index in [4.69, 9.17) is 5.11 Å². The maximum atomic E-state index is 8.65. The molecule has 0 amide bonds. The van der Waals surface area contributed by atoms with Crippen LogP contribution in [-0.4, -0.2) is 35.2 Å². The van der Waals surface area contributed by atoms with Crippen molar-refractivity contribution < 1.29 is 5.11 Å². The summed E-state index contributed by atoms with van der Waals surface area (Å²) in [4.78, 5) is 6.55. The van der Waals surface area contributed by atoms with Gasteiger partial charge in [-0.05, 0) is 38.1 Å². The van der Waals surface area contributed by atoms with Crippen LogP contribution in [0.3, 0.4) is 0 Å². The minimum absolute atomic E-state index is 0.104. The van der Waals surface area contributed by atoms with Gasteiger partial charge in [0.05, 0.1) is 0 Å². The molecular formula is C13H16N2O. The topological polar surface area (TPSA) is 36.4 Å². The fraction of sp³-hybridized carbons (Fsp3) is 0.462. The van der Waals surface area contributed by atoms with E-state index in [0.717, 1.165) is 12.1 Å². The SMILES string of the molecule is CN1CCCC1c1cncc(C#CCO)c1. The molecular weight excluding hydrogens is 200 g/mol. The van der Waals surface area contributed by atoms with E-state index in [2.05, 4.69) is 34.8 Å². The molecule has 1 fully saturated rings. The summed E-state index contributed by atoms with van der Waals surface area (Å²) in [6.45, 7) is 1.05. The number of likely N-dealkylation sites (tertiary alicyclic amines) is 1. The molecule has 3 nitrogen and oxygen atoms in total. The largest absolute Gasteiger partial charge is 0.384 e. The summed E-state index contributed by atoms with van der Waals surface area (Å²) >= 11 is 0. The van der Waals surface area contributed by atoms with Gasteiger partial charge in [-0.3, -0.25) is 9.88 Å². The number of rotatable bonds is 1. The van der Waals surface area contributed by atoms with E-state index < -0.39 is 0 Å². The van der Waals surface area contributed by atoms with Gasteiger partial charge in [-0.1, -0.05) is 11.8 Å². The van der Waals surface area contributed by atoms with Crippen LogP contribution in [0.2, 0.25) is 0 Å². The van der Waals surface area contributed by atoms with Gasteiger partial charge in [0, 0.05) is 24.0 Å². The number of hydrogen-bond acceptors (Lipinski definition) is 3. The van der Waals surface area contributed by atoms with Crippen LogP contribution in [0.1, 0.15) is 30.0 Å². The van der Waals surface area contributed by atoms with E-state index in [1.807, 2.05) is 6.20 Å². The lowest BCUT2D eigenvalue weighted by molar-refractivity contribution is 0.317. The van der Waals surface area contributed by atoms with Crippen molar-refractivity contribution in [2.24, 2.45) is 0 Å². The maximum Gasteiger partial charge on any atom is 0.104 e. The van der Waals surface area contributed by atoms with Crippen LogP contribution in [0.25, 0.3) is 0 Å². The fourth-order valence-electron chi connectivity index (χ4n) is 2.18. The van der Waals surface area contributed by atoms with Crippen molar-refractivity contribution in [3.63, 3.8) is 0 Å². The lowest BCUT2D eigenvalue weighted by Gasteiger charge is -2.19. The van der Waals surface area contributed by atoms with Gasteiger partial charge in [-0.15, -0.1) is 0 Å². The Hall–Kier alpha value is -1.37. The van der Waals surface area contributed by atoms with Crippen molar-refractivity contribution in [2.45, 2.75) is 18.9 Å². The third-order valence-electron chi connectivity index (χ3n) is 2.98. The smallest absolute Gasteiger partial charge is 0.104 e. The predicted octanol–water partition coefficient (Wildman–Crippen LogP) is 1.19. The standard InChI is InChI=1S/C13H16N2O/c1-15-6-2-5-13(15)12-8-11(4-3-7-16)9-14-10-12/h8-10,13,16H,2,5-7H2,1H3. The summed E-state index contributed by atoms with van der Waals surface area (Å²) in [6, 6.07) is 2.55. The molecule has 0 radical (unpaired) electrons. The van der Waals surface area contributed by atoms with Crippen LogP contribution >= 0.6 is 0 Å². The van der Waals surface area contributed by atoms with Crippen molar-refractivity contribution in [2.75, 3.05) is 20.2 Å². The highest BCUT2D eigenvalue weighted by Crippen LogP contribution is 2.29. The van der Waals surface area contributed by atoms with Gasteiger partial charge in [0.25, 0.3) is 0 Å². The minimum atomic E-state index is -0.104. The van der Waals surface area contributed by atoms with Crippen molar-refractivity contribution in [3.8, 4) is 11.8 Å². The molecule has 84 valence electrons. The molecule has 1 saturated heterocycles. The van der Waals surface area contributed by atoms with Gasteiger partial charge in [0.1, 0.15) is 6.61 Å². The molecule has 0 bridgehead atoms. The molecule has 1 atom stereocenters. The summed E-state index contributed by atoms with van der Waals surface area (Å²) < 4.78 is 0. The summed E-state index contributed by atoms with van der Waals surface area (Å²) in [7, 11) is 2.14. The first-order chi connectivity index (χ1) is 7.81. The second kappa shape index (κ2) is 5.11. The highest BCUT2D eigenvalue weighted by molar-refractivity contribution is 5.35. The van der Waals surface area contributed by atoms with Gasteiger partial charge >= 0.3 is 0 Å². The van der Waals surface area contributed by atoms with Crippen molar-refractivity contribution in [1.29, 1.82) is 0 Å².